The minimum atomic E-state index is -0.703. The molecule has 0 spiro atoms. The number of benzene rings is 2. The summed E-state index contributed by atoms with van der Waals surface area (Å²) in [4.78, 5) is 15.7. The average molecular weight is 339 g/mol. The summed E-state index contributed by atoms with van der Waals surface area (Å²) in [6.45, 7) is 1.93. The Bertz CT molecular complexity index is 831. The Morgan fingerprint density at radius 1 is 1.12 bits per heavy atom. The van der Waals surface area contributed by atoms with Crippen LogP contribution in [0.25, 0.3) is 5.69 Å². The van der Waals surface area contributed by atoms with E-state index in [0.717, 1.165) is 11.3 Å². The molecule has 1 amide bonds. The summed E-state index contributed by atoms with van der Waals surface area (Å²) in [5, 5.41) is 7.27. The Morgan fingerprint density at radius 2 is 1.76 bits per heavy atom. The van der Waals surface area contributed by atoms with Gasteiger partial charge in [0.2, 0.25) is 5.91 Å². The molecular weight excluding hydrogens is 321 g/mol. The van der Waals surface area contributed by atoms with Crippen molar-refractivity contribution in [2.45, 2.75) is 19.0 Å². The number of aromatic nitrogens is 3. The topological polar surface area (TPSA) is 85.8 Å². The molecule has 0 saturated heterocycles. The predicted octanol–water partition coefficient (Wildman–Crippen LogP) is 2.28. The molecule has 25 heavy (non-hydrogen) atoms. The lowest BCUT2D eigenvalue weighted by molar-refractivity contribution is -0.120. The van der Waals surface area contributed by atoms with Crippen LogP contribution in [-0.4, -0.2) is 20.7 Å². The smallest absolute Gasteiger partial charge is 0.239 e. The van der Waals surface area contributed by atoms with Crippen molar-refractivity contribution in [3.05, 3.63) is 78.1 Å². The van der Waals surface area contributed by atoms with Crippen molar-refractivity contribution in [2.75, 3.05) is 0 Å². The molecule has 7 heteroatoms. The highest BCUT2D eigenvalue weighted by Gasteiger charge is 2.20. The normalized spacial score (nSPS) is 13.4. The van der Waals surface area contributed by atoms with Crippen molar-refractivity contribution in [1.82, 2.24) is 20.1 Å². The molecule has 0 aliphatic heterocycles. The van der Waals surface area contributed by atoms with Gasteiger partial charge < -0.3 is 5.73 Å². The lowest BCUT2D eigenvalue weighted by Gasteiger charge is -2.22. The third kappa shape index (κ3) is 3.89. The number of hydrogen-bond donors (Lipinski definition) is 2. The Kier molecular flexibility index (Phi) is 4.85. The van der Waals surface area contributed by atoms with Crippen molar-refractivity contribution in [2.24, 2.45) is 5.73 Å². The summed E-state index contributed by atoms with van der Waals surface area (Å²) in [6, 6.07) is 12.6. The number of carbonyl (C=O) groups is 1. The molecule has 3 rings (SSSR count). The maximum Gasteiger partial charge on any atom is 0.239 e. The average Bonchev–Trinajstić information content (AvgIpc) is 3.15. The maximum absolute atomic E-state index is 13.1. The fraction of sp³-hybridized carbons (Fsp3) is 0.167. The van der Waals surface area contributed by atoms with Crippen LogP contribution < -0.4 is 11.1 Å². The molecule has 6 nitrogen and oxygen atoms in total. The number of carbonyl (C=O) groups excluding carboxylic acids is 1. The third-order valence-corrected chi connectivity index (χ3v) is 3.98. The predicted molar refractivity (Wildman–Crippen MR) is 91.2 cm³/mol. The zero-order chi connectivity index (χ0) is 17.8. The molecule has 3 N–H and O–H groups in total. The Balaban J connectivity index is 1.76. The molecule has 0 bridgehead atoms. The molecule has 1 aromatic heterocycles. The molecule has 0 fully saturated rings. The van der Waals surface area contributed by atoms with Gasteiger partial charge in [-0.05, 0) is 42.3 Å². The van der Waals surface area contributed by atoms with Gasteiger partial charge in [-0.3, -0.25) is 10.1 Å². The van der Waals surface area contributed by atoms with Crippen LogP contribution in [0, 0.1) is 5.82 Å². The van der Waals surface area contributed by atoms with E-state index in [0.29, 0.717) is 5.56 Å². The fourth-order valence-electron chi connectivity index (χ4n) is 2.60. The summed E-state index contributed by atoms with van der Waals surface area (Å²) < 4.78 is 14.7. The van der Waals surface area contributed by atoms with Gasteiger partial charge in [-0.1, -0.05) is 24.3 Å². The summed E-state index contributed by atoms with van der Waals surface area (Å²) in [5.74, 6) is -0.874. The van der Waals surface area contributed by atoms with Crippen molar-refractivity contribution in [1.29, 1.82) is 0 Å². The molecule has 3 aromatic rings. The zero-order valence-corrected chi connectivity index (χ0v) is 13.6. The van der Waals surface area contributed by atoms with Crippen LogP contribution in [0.15, 0.2) is 61.2 Å². The monoisotopic (exact) mass is 339 g/mol. The second-order valence-electron chi connectivity index (χ2n) is 5.71. The standard InChI is InChI=1S/C18H18FN5O/c1-12(13-4-8-16(9-5-13)24-11-21-10-22-24)23-17(18(20)25)14-2-6-15(19)7-3-14/h2-12,17,23H,1H3,(H2,20,25)/t12-,17+/m0/s1. The third-order valence-electron chi connectivity index (χ3n) is 3.98. The number of halogens is 1. The first-order valence-corrected chi connectivity index (χ1v) is 7.80. The molecule has 0 aliphatic rings. The van der Waals surface area contributed by atoms with Crippen LogP contribution in [0.1, 0.15) is 30.1 Å². The van der Waals surface area contributed by atoms with E-state index in [1.54, 1.807) is 23.1 Å². The highest BCUT2D eigenvalue weighted by molar-refractivity contribution is 5.81. The van der Waals surface area contributed by atoms with Gasteiger partial charge in [0.25, 0.3) is 0 Å². The number of nitrogens with one attached hydrogen (secondary N) is 1. The molecule has 0 aliphatic carbocycles. The minimum absolute atomic E-state index is 0.132. The Morgan fingerprint density at radius 3 is 2.32 bits per heavy atom. The summed E-state index contributed by atoms with van der Waals surface area (Å²) in [5.41, 5.74) is 8.00. The molecule has 0 saturated carbocycles. The van der Waals surface area contributed by atoms with Crippen LogP contribution in [-0.2, 0) is 4.79 Å². The molecule has 0 unspecified atom stereocenters. The Hall–Kier alpha value is -3.06. The second-order valence-corrected chi connectivity index (χ2v) is 5.71. The molecule has 1 heterocycles. The number of amides is 1. The van der Waals surface area contributed by atoms with E-state index in [1.165, 1.54) is 18.5 Å². The van der Waals surface area contributed by atoms with Crippen molar-refractivity contribution < 1.29 is 9.18 Å². The SMILES string of the molecule is C[C@H](N[C@@H](C(N)=O)c1ccc(F)cc1)c1ccc(-n2cncn2)cc1. The van der Waals surface area contributed by atoms with Gasteiger partial charge in [0.1, 0.15) is 24.5 Å². The largest absolute Gasteiger partial charge is 0.368 e. The van der Waals surface area contributed by atoms with Gasteiger partial charge >= 0.3 is 0 Å². The Labute approximate surface area is 144 Å². The van der Waals surface area contributed by atoms with E-state index in [9.17, 15) is 9.18 Å². The van der Waals surface area contributed by atoms with E-state index in [-0.39, 0.29) is 11.9 Å². The van der Waals surface area contributed by atoms with E-state index in [1.807, 2.05) is 31.2 Å². The van der Waals surface area contributed by atoms with Crippen LogP contribution in [0.2, 0.25) is 0 Å². The van der Waals surface area contributed by atoms with Gasteiger partial charge in [0.05, 0.1) is 5.69 Å². The summed E-state index contributed by atoms with van der Waals surface area (Å²) in [7, 11) is 0. The first kappa shape index (κ1) is 16.8. The van der Waals surface area contributed by atoms with Crippen LogP contribution >= 0.6 is 0 Å². The van der Waals surface area contributed by atoms with Gasteiger partial charge in [-0.25, -0.2) is 14.1 Å². The van der Waals surface area contributed by atoms with Gasteiger partial charge in [-0.15, -0.1) is 0 Å². The quantitative estimate of drug-likeness (QED) is 0.721. The fourth-order valence-corrected chi connectivity index (χ4v) is 2.60. The molecular formula is C18H18FN5O. The van der Waals surface area contributed by atoms with E-state index in [2.05, 4.69) is 15.4 Å². The number of nitrogens with zero attached hydrogens (tertiary/aromatic N) is 3. The highest BCUT2D eigenvalue weighted by Crippen LogP contribution is 2.21. The molecule has 0 radical (unpaired) electrons. The first-order chi connectivity index (χ1) is 12.0. The molecule has 128 valence electrons. The van der Waals surface area contributed by atoms with E-state index in [4.69, 9.17) is 5.73 Å². The van der Waals surface area contributed by atoms with Gasteiger partial charge in [-0.2, -0.15) is 5.10 Å². The number of hydrogen-bond acceptors (Lipinski definition) is 4. The summed E-state index contributed by atoms with van der Waals surface area (Å²) >= 11 is 0. The zero-order valence-electron chi connectivity index (χ0n) is 13.6. The molecule has 2 aromatic carbocycles. The van der Waals surface area contributed by atoms with Crippen molar-refractivity contribution in [3.63, 3.8) is 0 Å². The van der Waals surface area contributed by atoms with Gasteiger partial charge in [0, 0.05) is 6.04 Å². The lowest BCUT2D eigenvalue weighted by Crippen LogP contribution is -2.35. The molecule has 2 atom stereocenters. The number of nitrogens with two attached hydrogens (primary N) is 1. The van der Waals surface area contributed by atoms with Crippen LogP contribution in [0.4, 0.5) is 4.39 Å². The first-order valence-electron chi connectivity index (χ1n) is 7.80. The second kappa shape index (κ2) is 7.23. The van der Waals surface area contributed by atoms with Crippen LogP contribution in [0.3, 0.4) is 0 Å². The van der Waals surface area contributed by atoms with E-state index >= 15 is 0 Å². The van der Waals surface area contributed by atoms with Crippen molar-refractivity contribution in [3.8, 4) is 5.69 Å². The highest BCUT2D eigenvalue weighted by atomic mass is 19.1. The number of rotatable bonds is 6. The number of primary amides is 1. The maximum atomic E-state index is 13.1. The van der Waals surface area contributed by atoms with Crippen LogP contribution in [0.5, 0.6) is 0 Å². The minimum Gasteiger partial charge on any atom is -0.368 e. The summed E-state index contributed by atoms with van der Waals surface area (Å²) in [6.07, 6.45) is 3.09. The van der Waals surface area contributed by atoms with Crippen molar-refractivity contribution >= 4 is 5.91 Å². The lowest BCUT2D eigenvalue weighted by atomic mass is 10.0. The van der Waals surface area contributed by atoms with E-state index < -0.39 is 11.9 Å². The van der Waals surface area contributed by atoms with Gasteiger partial charge in [0.15, 0.2) is 0 Å².